The lowest BCUT2D eigenvalue weighted by Crippen LogP contribution is -2.36. The molecule has 2 aromatic carbocycles. The number of hydrogen-bond donors (Lipinski definition) is 1. The number of fused-ring (bicyclic) bond motifs is 4. The maximum absolute atomic E-state index is 12.9. The number of nitrogens with one attached hydrogen (secondary N) is 1. The van der Waals surface area contributed by atoms with Gasteiger partial charge in [0.25, 0.3) is 5.56 Å². The maximum atomic E-state index is 12.9. The standard InChI is InChI=1S/C21H18N4O2/c1-13-6-7-17-15(10-13)16-11-22-25(21(27)20(16)23-17)12-19(26)24-9-8-14-4-2-3-5-18(14)24/h2-7,10-11,23H,8-9,12H2,1H3. The van der Waals surface area contributed by atoms with E-state index in [1.165, 1.54) is 4.68 Å². The summed E-state index contributed by atoms with van der Waals surface area (Å²) in [5.74, 6) is -0.124. The molecule has 0 saturated heterocycles. The van der Waals surface area contributed by atoms with E-state index in [1.807, 2.05) is 49.4 Å². The predicted molar refractivity (Wildman–Crippen MR) is 105 cm³/mol. The van der Waals surface area contributed by atoms with Gasteiger partial charge in [-0.05, 0) is 37.1 Å². The van der Waals surface area contributed by atoms with Gasteiger partial charge in [-0.2, -0.15) is 5.10 Å². The highest BCUT2D eigenvalue weighted by Gasteiger charge is 2.25. The third-order valence-electron chi connectivity index (χ3n) is 5.24. The van der Waals surface area contributed by atoms with Gasteiger partial charge in [-0.1, -0.05) is 29.8 Å². The second-order valence-corrected chi connectivity index (χ2v) is 6.99. The molecule has 6 heteroatoms. The molecule has 2 aromatic heterocycles. The molecule has 1 N–H and O–H groups in total. The van der Waals surface area contributed by atoms with Gasteiger partial charge in [0.05, 0.1) is 6.20 Å². The van der Waals surface area contributed by atoms with Gasteiger partial charge in [0.1, 0.15) is 12.1 Å². The summed E-state index contributed by atoms with van der Waals surface area (Å²) < 4.78 is 1.24. The highest BCUT2D eigenvalue weighted by molar-refractivity contribution is 6.06. The topological polar surface area (TPSA) is 71.0 Å². The van der Waals surface area contributed by atoms with Crippen LogP contribution in [0.3, 0.4) is 0 Å². The molecule has 0 saturated carbocycles. The van der Waals surface area contributed by atoms with Crippen LogP contribution in [0, 0.1) is 6.92 Å². The van der Waals surface area contributed by atoms with Gasteiger partial charge in [-0.3, -0.25) is 9.59 Å². The van der Waals surface area contributed by atoms with E-state index in [-0.39, 0.29) is 18.0 Å². The van der Waals surface area contributed by atoms with Crippen LogP contribution in [-0.4, -0.2) is 27.2 Å². The second kappa shape index (κ2) is 5.81. The quantitative estimate of drug-likeness (QED) is 0.599. The number of aromatic nitrogens is 3. The molecule has 0 radical (unpaired) electrons. The molecule has 6 nitrogen and oxygen atoms in total. The number of H-pyrrole nitrogens is 1. The third-order valence-corrected chi connectivity index (χ3v) is 5.24. The van der Waals surface area contributed by atoms with E-state index in [2.05, 4.69) is 10.1 Å². The number of rotatable bonds is 2. The first-order chi connectivity index (χ1) is 13.1. The fourth-order valence-corrected chi connectivity index (χ4v) is 3.86. The van der Waals surface area contributed by atoms with E-state index < -0.39 is 0 Å². The molecule has 0 unspecified atom stereocenters. The zero-order chi connectivity index (χ0) is 18.5. The van der Waals surface area contributed by atoms with Crippen molar-refractivity contribution in [3.63, 3.8) is 0 Å². The molecular weight excluding hydrogens is 340 g/mol. The number of aromatic amines is 1. The normalized spacial score (nSPS) is 13.4. The fraction of sp³-hybridized carbons (Fsp3) is 0.190. The molecule has 1 amide bonds. The number of nitrogens with zero attached hydrogens (tertiary/aromatic N) is 3. The molecular formula is C21H18N4O2. The van der Waals surface area contributed by atoms with Crippen LogP contribution in [0.4, 0.5) is 5.69 Å². The number of amides is 1. The summed E-state index contributed by atoms with van der Waals surface area (Å²) >= 11 is 0. The lowest BCUT2D eigenvalue weighted by Gasteiger charge is -2.17. The van der Waals surface area contributed by atoms with Gasteiger partial charge in [-0.25, -0.2) is 4.68 Å². The van der Waals surface area contributed by atoms with Crippen LogP contribution in [0.15, 0.2) is 53.5 Å². The minimum Gasteiger partial charge on any atom is -0.350 e. The fourth-order valence-electron chi connectivity index (χ4n) is 3.86. The highest BCUT2D eigenvalue weighted by atomic mass is 16.2. The molecule has 0 bridgehead atoms. The van der Waals surface area contributed by atoms with E-state index >= 15 is 0 Å². The van der Waals surface area contributed by atoms with Crippen molar-refractivity contribution in [1.82, 2.24) is 14.8 Å². The predicted octanol–water partition coefficient (Wildman–Crippen LogP) is 2.78. The van der Waals surface area contributed by atoms with Crippen molar-refractivity contribution in [3.05, 3.63) is 70.1 Å². The average Bonchev–Trinajstić information content (AvgIpc) is 3.26. The number of aryl methyl sites for hydroxylation is 1. The van der Waals surface area contributed by atoms with Crippen molar-refractivity contribution in [2.24, 2.45) is 0 Å². The molecule has 0 atom stereocenters. The minimum atomic E-state index is -0.276. The van der Waals surface area contributed by atoms with Gasteiger partial charge in [0.2, 0.25) is 5.91 Å². The summed E-state index contributed by atoms with van der Waals surface area (Å²) in [7, 11) is 0. The van der Waals surface area contributed by atoms with E-state index in [0.29, 0.717) is 12.1 Å². The van der Waals surface area contributed by atoms with Gasteiger partial charge in [0.15, 0.2) is 0 Å². The Morgan fingerprint density at radius 3 is 2.93 bits per heavy atom. The minimum absolute atomic E-state index is 0.0719. The van der Waals surface area contributed by atoms with Crippen LogP contribution < -0.4 is 10.5 Å². The molecule has 5 rings (SSSR count). The molecule has 1 aliphatic heterocycles. The zero-order valence-corrected chi connectivity index (χ0v) is 14.9. The van der Waals surface area contributed by atoms with Gasteiger partial charge < -0.3 is 9.88 Å². The number of carbonyl (C=O) groups excluding carboxylic acids is 1. The first-order valence-electron chi connectivity index (χ1n) is 8.98. The largest absolute Gasteiger partial charge is 0.350 e. The van der Waals surface area contributed by atoms with Crippen molar-refractivity contribution in [2.45, 2.75) is 19.9 Å². The number of para-hydroxylation sites is 1. The molecule has 4 aromatic rings. The van der Waals surface area contributed by atoms with Crippen LogP contribution in [0.25, 0.3) is 21.8 Å². The molecule has 0 spiro atoms. The Balaban J connectivity index is 1.52. The summed E-state index contributed by atoms with van der Waals surface area (Å²) in [5.41, 5.74) is 4.32. The van der Waals surface area contributed by atoms with E-state index in [9.17, 15) is 9.59 Å². The van der Waals surface area contributed by atoms with E-state index in [0.717, 1.165) is 39.5 Å². The lowest BCUT2D eigenvalue weighted by molar-refractivity contribution is -0.119. The van der Waals surface area contributed by atoms with Gasteiger partial charge >= 0.3 is 0 Å². The van der Waals surface area contributed by atoms with E-state index in [1.54, 1.807) is 11.1 Å². The maximum Gasteiger partial charge on any atom is 0.291 e. The van der Waals surface area contributed by atoms with Gasteiger partial charge in [-0.15, -0.1) is 0 Å². The van der Waals surface area contributed by atoms with Crippen molar-refractivity contribution >= 4 is 33.4 Å². The summed E-state index contributed by atoms with van der Waals surface area (Å²) in [5, 5.41) is 6.02. The van der Waals surface area contributed by atoms with E-state index in [4.69, 9.17) is 0 Å². The summed E-state index contributed by atoms with van der Waals surface area (Å²) in [6, 6.07) is 13.9. The number of carbonyl (C=O) groups is 1. The molecule has 27 heavy (non-hydrogen) atoms. The molecule has 0 aliphatic carbocycles. The Hall–Kier alpha value is -3.41. The van der Waals surface area contributed by atoms with Crippen molar-refractivity contribution in [2.75, 3.05) is 11.4 Å². The zero-order valence-electron chi connectivity index (χ0n) is 14.9. The number of hydrogen-bond acceptors (Lipinski definition) is 3. The number of anilines is 1. The SMILES string of the molecule is Cc1ccc2[nH]c3c(=O)n(CC(=O)N4CCc5ccccc54)ncc3c2c1. The first-order valence-corrected chi connectivity index (χ1v) is 8.98. The molecule has 3 heterocycles. The smallest absolute Gasteiger partial charge is 0.291 e. The molecule has 0 fully saturated rings. The first kappa shape index (κ1) is 15.8. The van der Waals surface area contributed by atoms with Crippen molar-refractivity contribution in [1.29, 1.82) is 0 Å². The van der Waals surface area contributed by atoms with Crippen LogP contribution in [0.2, 0.25) is 0 Å². The summed E-state index contributed by atoms with van der Waals surface area (Å²) in [4.78, 5) is 30.6. The molecule has 1 aliphatic rings. The Bertz CT molecular complexity index is 1270. The van der Waals surface area contributed by atoms with Crippen LogP contribution in [-0.2, 0) is 17.8 Å². The second-order valence-electron chi connectivity index (χ2n) is 6.99. The van der Waals surface area contributed by atoms with Crippen LogP contribution >= 0.6 is 0 Å². The Kier molecular flexibility index (Phi) is 3.40. The Morgan fingerprint density at radius 1 is 1.19 bits per heavy atom. The molecule has 134 valence electrons. The third kappa shape index (κ3) is 2.44. The Labute approximate surface area is 155 Å². The van der Waals surface area contributed by atoms with Crippen molar-refractivity contribution in [3.8, 4) is 0 Å². The highest BCUT2D eigenvalue weighted by Crippen LogP contribution is 2.27. The van der Waals surface area contributed by atoms with Crippen molar-refractivity contribution < 1.29 is 4.79 Å². The Morgan fingerprint density at radius 2 is 2.04 bits per heavy atom. The van der Waals surface area contributed by atoms with Crippen LogP contribution in [0.1, 0.15) is 11.1 Å². The summed E-state index contributed by atoms with van der Waals surface area (Å²) in [6.45, 7) is 2.58. The summed E-state index contributed by atoms with van der Waals surface area (Å²) in [6.07, 6.45) is 2.50. The van der Waals surface area contributed by atoms with Gasteiger partial charge in [0, 0.05) is 28.5 Å². The lowest BCUT2D eigenvalue weighted by atomic mass is 10.1. The average molecular weight is 358 g/mol. The van der Waals surface area contributed by atoms with Crippen LogP contribution in [0.5, 0.6) is 0 Å². The monoisotopic (exact) mass is 358 g/mol. The number of benzene rings is 2.